The minimum Gasteiger partial charge on any atom is -0.274 e. The number of amides is 2. The standard InChI is InChI=1S/C23H25N3O2/c1-3-16-7-11-18(12-8-16)26-22(27)19-20(17-9-5-15(2)6-10-17)24-13-4-14-25(24)21(19)23(26)28/h5-12,19-21H,3-4,13-14H2,1-2H3/t19-,20-,21-/m1/s1. The quantitative estimate of drug-likeness (QED) is 0.774. The number of hydrogen-bond acceptors (Lipinski definition) is 4. The fourth-order valence-corrected chi connectivity index (χ4v) is 5.01. The highest BCUT2D eigenvalue weighted by Crippen LogP contribution is 2.48. The molecule has 0 aromatic heterocycles. The van der Waals surface area contributed by atoms with Gasteiger partial charge in [-0.3, -0.25) is 9.59 Å². The number of anilines is 1. The second-order valence-corrected chi connectivity index (χ2v) is 8.04. The molecule has 0 spiro atoms. The van der Waals surface area contributed by atoms with Crippen molar-refractivity contribution in [2.45, 2.75) is 38.8 Å². The van der Waals surface area contributed by atoms with Gasteiger partial charge in [0.1, 0.15) is 6.04 Å². The first-order valence-electron chi connectivity index (χ1n) is 10.2. The van der Waals surface area contributed by atoms with E-state index in [0.717, 1.165) is 31.5 Å². The van der Waals surface area contributed by atoms with Crippen LogP contribution in [0.3, 0.4) is 0 Å². The Morgan fingerprint density at radius 1 is 0.857 bits per heavy atom. The average molecular weight is 375 g/mol. The van der Waals surface area contributed by atoms with Crippen LogP contribution in [0.4, 0.5) is 5.69 Å². The maximum atomic E-state index is 13.5. The largest absolute Gasteiger partial charge is 0.274 e. The number of carbonyl (C=O) groups excluding carboxylic acids is 2. The van der Waals surface area contributed by atoms with Crippen molar-refractivity contribution in [3.8, 4) is 0 Å². The van der Waals surface area contributed by atoms with E-state index in [1.54, 1.807) is 0 Å². The van der Waals surface area contributed by atoms with E-state index in [1.165, 1.54) is 16.0 Å². The summed E-state index contributed by atoms with van der Waals surface area (Å²) < 4.78 is 0. The van der Waals surface area contributed by atoms with Crippen LogP contribution in [0.5, 0.6) is 0 Å². The van der Waals surface area contributed by atoms with Crippen molar-refractivity contribution >= 4 is 17.5 Å². The van der Waals surface area contributed by atoms with Crippen LogP contribution in [0.15, 0.2) is 48.5 Å². The third-order valence-corrected chi connectivity index (χ3v) is 6.43. The molecule has 3 atom stereocenters. The molecular formula is C23H25N3O2. The molecule has 144 valence electrons. The summed E-state index contributed by atoms with van der Waals surface area (Å²) in [5.74, 6) is -0.499. The number of hydrazine groups is 1. The highest BCUT2D eigenvalue weighted by atomic mass is 16.2. The third kappa shape index (κ3) is 2.46. The summed E-state index contributed by atoms with van der Waals surface area (Å²) in [6.07, 6.45) is 1.96. The Kier molecular flexibility index (Phi) is 4.11. The molecule has 0 unspecified atom stereocenters. The Balaban J connectivity index is 1.55. The van der Waals surface area contributed by atoms with Crippen LogP contribution in [-0.4, -0.2) is 41.0 Å². The molecule has 3 heterocycles. The lowest BCUT2D eigenvalue weighted by molar-refractivity contribution is -0.126. The van der Waals surface area contributed by atoms with Crippen LogP contribution in [0.2, 0.25) is 0 Å². The van der Waals surface area contributed by atoms with Gasteiger partial charge in [-0.15, -0.1) is 0 Å². The first-order valence-corrected chi connectivity index (χ1v) is 10.2. The third-order valence-electron chi connectivity index (χ3n) is 6.43. The maximum absolute atomic E-state index is 13.5. The Bertz CT molecular complexity index is 922. The van der Waals surface area contributed by atoms with Gasteiger partial charge in [-0.1, -0.05) is 48.9 Å². The molecule has 2 aromatic carbocycles. The van der Waals surface area contributed by atoms with Gasteiger partial charge >= 0.3 is 0 Å². The van der Waals surface area contributed by atoms with Gasteiger partial charge in [0.2, 0.25) is 5.91 Å². The molecule has 0 N–H and O–H groups in total. The zero-order chi connectivity index (χ0) is 19.4. The monoisotopic (exact) mass is 375 g/mol. The van der Waals surface area contributed by atoms with Crippen molar-refractivity contribution in [1.29, 1.82) is 0 Å². The number of imide groups is 1. The van der Waals surface area contributed by atoms with Crippen molar-refractivity contribution in [2.75, 3.05) is 18.0 Å². The van der Waals surface area contributed by atoms with Gasteiger partial charge in [-0.2, -0.15) is 0 Å². The van der Waals surface area contributed by atoms with E-state index in [4.69, 9.17) is 0 Å². The summed E-state index contributed by atoms with van der Waals surface area (Å²) in [4.78, 5) is 28.3. The molecule has 28 heavy (non-hydrogen) atoms. The van der Waals surface area contributed by atoms with Gasteiger partial charge < -0.3 is 0 Å². The van der Waals surface area contributed by atoms with E-state index in [1.807, 2.05) is 24.3 Å². The number of aryl methyl sites for hydroxylation is 2. The average Bonchev–Trinajstić information content (AvgIpc) is 3.35. The lowest BCUT2D eigenvalue weighted by Crippen LogP contribution is -2.44. The van der Waals surface area contributed by atoms with E-state index < -0.39 is 0 Å². The van der Waals surface area contributed by atoms with E-state index in [0.29, 0.717) is 5.69 Å². The van der Waals surface area contributed by atoms with Gasteiger partial charge in [0.15, 0.2) is 0 Å². The SMILES string of the molecule is CCc1ccc(N2C(=O)[C@@H]3[C@@H](c4ccc(C)cc4)N4CCCN4[C@H]3C2=O)cc1. The summed E-state index contributed by atoms with van der Waals surface area (Å²) in [6, 6.07) is 15.8. The Morgan fingerprint density at radius 3 is 2.14 bits per heavy atom. The van der Waals surface area contributed by atoms with Crippen molar-refractivity contribution in [3.63, 3.8) is 0 Å². The Hall–Kier alpha value is -2.50. The van der Waals surface area contributed by atoms with Crippen molar-refractivity contribution in [3.05, 3.63) is 65.2 Å². The topological polar surface area (TPSA) is 43.9 Å². The zero-order valence-corrected chi connectivity index (χ0v) is 16.3. The summed E-state index contributed by atoms with van der Waals surface area (Å²) in [6.45, 7) is 5.90. The number of hydrogen-bond donors (Lipinski definition) is 0. The fourth-order valence-electron chi connectivity index (χ4n) is 5.01. The molecule has 3 saturated heterocycles. The lowest BCUT2D eigenvalue weighted by atomic mass is 9.89. The zero-order valence-electron chi connectivity index (χ0n) is 16.3. The molecule has 0 aliphatic carbocycles. The summed E-state index contributed by atoms with van der Waals surface area (Å²) in [7, 11) is 0. The molecule has 0 saturated carbocycles. The Morgan fingerprint density at radius 2 is 1.50 bits per heavy atom. The van der Waals surface area contributed by atoms with E-state index in [-0.39, 0.29) is 29.8 Å². The normalized spacial score (nSPS) is 27.5. The molecule has 5 rings (SSSR count). The number of fused-ring (bicyclic) bond motifs is 3. The second kappa shape index (κ2) is 6.54. The lowest BCUT2D eigenvalue weighted by Gasteiger charge is -2.29. The van der Waals surface area contributed by atoms with Crippen LogP contribution >= 0.6 is 0 Å². The second-order valence-electron chi connectivity index (χ2n) is 8.04. The smallest absolute Gasteiger partial charge is 0.253 e. The van der Waals surface area contributed by atoms with Gasteiger partial charge in [0, 0.05) is 13.1 Å². The molecule has 0 bridgehead atoms. The number of carbonyl (C=O) groups is 2. The van der Waals surface area contributed by atoms with Crippen molar-refractivity contribution < 1.29 is 9.59 Å². The maximum Gasteiger partial charge on any atom is 0.253 e. The molecule has 3 aliphatic heterocycles. The minimum absolute atomic E-state index is 0.0653. The van der Waals surface area contributed by atoms with Crippen LogP contribution in [-0.2, 0) is 16.0 Å². The van der Waals surface area contributed by atoms with E-state index in [9.17, 15) is 9.59 Å². The number of benzene rings is 2. The number of rotatable bonds is 3. The van der Waals surface area contributed by atoms with Gasteiger partial charge in [0.05, 0.1) is 17.6 Å². The van der Waals surface area contributed by atoms with Gasteiger partial charge in [-0.05, 0) is 43.0 Å². The Labute approximate surface area is 165 Å². The summed E-state index contributed by atoms with van der Waals surface area (Å²) in [5, 5.41) is 4.41. The minimum atomic E-state index is -0.382. The highest BCUT2D eigenvalue weighted by Gasteiger charge is 2.62. The van der Waals surface area contributed by atoms with Crippen LogP contribution in [0.1, 0.15) is 36.1 Å². The van der Waals surface area contributed by atoms with Gasteiger partial charge in [-0.25, -0.2) is 14.9 Å². The fraction of sp³-hybridized carbons (Fsp3) is 0.391. The van der Waals surface area contributed by atoms with E-state index >= 15 is 0 Å². The molecule has 2 aromatic rings. The summed E-state index contributed by atoms with van der Waals surface area (Å²) >= 11 is 0. The van der Waals surface area contributed by atoms with Gasteiger partial charge in [0.25, 0.3) is 5.91 Å². The molecule has 5 nitrogen and oxygen atoms in total. The predicted molar refractivity (Wildman–Crippen MR) is 108 cm³/mol. The van der Waals surface area contributed by atoms with E-state index in [2.05, 4.69) is 48.1 Å². The molecule has 0 radical (unpaired) electrons. The van der Waals surface area contributed by atoms with Crippen molar-refractivity contribution in [1.82, 2.24) is 10.0 Å². The van der Waals surface area contributed by atoms with Crippen LogP contribution in [0.25, 0.3) is 0 Å². The molecular weight excluding hydrogens is 350 g/mol. The highest BCUT2D eigenvalue weighted by molar-refractivity contribution is 6.24. The molecule has 3 fully saturated rings. The first-order chi connectivity index (χ1) is 13.6. The predicted octanol–water partition coefficient (Wildman–Crippen LogP) is 3.09. The number of nitrogens with zero attached hydrogens (tertiary/aromatic N) is 3. The molecule has 5 heteroatoms. The van der Waals surface area contributed by atoms with Crippen molar-refractivity contribution in [2.24, 2.45) is 5.92 Å². The summed E-state index contributed by atoms with van der Waals surface area (Å²) in [5.41, 5.74) is 4.21. The first kappa shape index (κ1) is 17.6. The molecule has 3 aliphatic rings. The van der Waals surface area contributed by atoms with Crippen LogP contribution < -0.4 is 4.90 Å². The molecule has 2 amide bonds. The van der Waals surface area contributed by atoms with Crippen LogP contribution in [0, 0.1) is 12.8 Å².